The Morgan fingerprint density at radius 3 is 2.72 bits per heavy atom. The first kappa shape index (κ1) is 13.1. The van der Waals surface area contributed by atoms with Crippen molar-refractivity contribution < 1.29 is 4.92 Å². The minimum absolute atomic E-state index is 0.103. The van der Waals surface area contributed by atoms with Crippen molar-refractivity contribution in [2.45, 2.75) is 6.54 Å². The van der Waals surface area contributed by atoms with Crippen molar-refractivity contribution in [3.8, 4) is 0 Å². The van der Waals surface area contributed by atoms with Crippen LogP contribution in [0.2, 0.25) is 10.0 Å². The highest BCUT2D eigenvalue weighted by Gasteiger charge is 2.16. The minimum Gasteiger partial charge on any atom is -0.374 e. The second-order valence-electron chi connectivity index (χ2n) is 3.36. The van der Waals surface area contributed by atoms with Crippen LogP contribution in [0.4, 0.5) is 11.4 Å². The molecule has 5 nitrogen and oxygen atoms in total. The van der Waals surface area contributed by atoms with Crippen molar-refractivity contribution in [2.24, 2.45) is 0 Å². The summed E-state index contributed by atoms with van der Waals surface area (Å²) in [4.78, 5) is 15.3. The van der Waals surface area contributed by atoms with Gasteiger partial charge in [-0.2, -0.15) is 0 Å². The molecule has 8 heteroatoms. The van der Waals surface area contributed by atoms with E-state index in [-0.39, 0.29) is 15.7 Å². The van der Waals surface area contributed by atoms with Gasteiger partial charge in [0.2, 0.25) is 0 Å². The van der Waals surface area contributed by atoms with E-state index < -0.39 is 4.92 Å². The summed E-state index contributed by atoms with van der Waals surface area (Å²) >= 11 is 13.1. The van der Waals surface area contributed by atoms with Crippen molar-refractivity contribution in [1.82, 2.24) is 4.98 Å². The van der Waals surface area contributed by atoms with Gasteiger partial charge in [0.25, 0.3) is 5.69 Å². The van der Waals surface area contributed by atoms with Crippen molar-refractivity contribution in [3.63, 3.8) is 0 Å². The van der Waals surface area contributed by atoms with E-state index in [1.807, 2.05) is 0 Å². The molecule has 1 aromatic carbocycles. The molecule has 0 spiro atoms. The Kier molecular flexibility index (Phi) is 4.00. The van der Waals surface area contributed by atoms with E-state index in [0.717, 1.165) is 4.88 Å². The van der Waals surface area contributed by atoms with Crippen LogP contribution in [-0.2, 0) is 6.54 Å². The quantitative estimate of drug-likeness (QED) is 0.685. The molecule has 0 atom stereocenters. The molecule has 0 unspecified atom stereocenters. The third-order valence-corrected chi connectivity index (χ3v) is 3.67. The molecule has 0 saturated carbocycles. The summed E-state index contributed by atoms with van der Waals surface area (Å²) in [5.41, 5.74) is 1.93. The number of hydrogen-bond acceptors (Lipinski definition) is 5. The average molecular weight is 304 g/mol. The van der Waals surface area contributed by atoms with Gasteiger partial charge in [-0.15, -0.1) is 11.3 Å². The molecule has 1 N–H and O–H groups in total. The molecule has 94 valence electrons. The zero-order valence-corrected chi connectivity index (χ0v) is 11.2. The number of nitrogens with zero attached hydrogens (tertiary/aromatic N) is 2. The van der Waals surface area contributed by atoms with Crippen LogP contribution in [0, 0.1) is 10.1 Å². The number of hydrogen-bond donors (Lipinski definition) is 1. The maximum atomic E-state index is 10.9. The van der Waals surface area contributed by atoms with Crippen LogP contribution in [0.1, 0.15) is 4.88 Å². The smallest absolute Gasteiger partial charge is 0.293 e. The van der Waals surface area contributed by atoms with Crippen LogP contribution >= 0.6 is 34.5 Å². The zero-order valence-electron chi connectivity index (χ0n) is 8.89. The number of aromatic nitrogens is 1. The fourth-order valence-corrected chi connectivity index (χ4v) is 2.20. The van der Waals surface area contributed by atoms with Gasteiger partial charge in [0.05, 0.1) is 27.0 Å². The highest BCUT2D eigenvalue weighted by Crippen LogP contribution is 2.34. The lowest BCUT2D eigenvalue weighted by Gasteiger charge is -2.07. The topological polar surface area (TPSA) is 68.1 Å². The van der Waals surface area contributed by atoms with Crippen LogP contribution in [0.15, 0.2) is 23.8 Å². The van der Waals surface area contributed by atoms with Gasteiger partial charge in [0.1, 0.15) is 5.69 Å². The third-order valence-electron chi connectivity index (χ3n) is 2.17. The number of nitro groups is 1. The Bertz CT molecular complexity index is 575. The summed E-state index contributed by atoms with van der Waals surface area (Å²) in [5, 5.41) is 14.3. The van der Waals surface area contributed by atoms with Gasteiger partial charge in [0, 0.05) is 17.1 Å². The second kappa shape index (κ2) is 5.51. The van der Waals surface area contributed by atoms with E-state index in [1.165, 1.54) is 23.5 Å². The lowest BCUT2D eigenvalue weighted by atomic mass is 10.2. The lowest BCUT2D eigenvalue weighted by Crippen LogP contribution is -2.01. The highest BCUT2D eigenvalue weighted by molar-refractivity contribution is 7.09. The molecule has 2 rings (SSSR count). The van der Waals surface area contributed by atoms with Crippen molar-refractivity contribution in [3.05, 3.63) is 48.9 Å². The summed E-state index contributed by atoms with van der Waals surface area (Å²) in [6.45, 7) is 0.448. The molecule has 0 saturated heterocycles. The summed E-state index contributed by atoms with van der Waals surface area (Å²) in [6.07, 6.45) is 1.70. The highest BCUT2D eigenvalue weighted by atomic mass is 35.5. The van der Waals surface area contributed by atoms with Crippen LogP contribution in [0.25, 0.3) is 0 Å². The Morgan fingerprint density at radius 2 is 2.11 bits per heavy atom. The van der Waals surface area contributed by atoms with Gasteiger partial charge in [0.15, 0.2) is 0 Å². The molecule has 1 heterocycles. The Hall–Kier alpha value is -1.37. The zero-order chi connectivity index (χ0) is 13.1. The van der Waals surface area contributed by atoms with E-state index in [2.05, 4.69) is 10.3 Å². The van der Waals surface area contributed by atoms with Gasteiger partial charge in [-0.05, 0) is 6.07 Å². The molecule has 0 aliphatic carbocycles. The molecule has 0 bridgehead atoms. The predicted octanol–water partition coefficient (Wildman–Crippen LogP) is 3.97. The van der Waals surface area contributed by atoms with Crippen molar-refractivity contribution in [2.75, 3.05) is 5.32 Å². The average Bonchev–Trinajstić information content (AvgIpc) is 2.83. The number of nitrogens with one attached hydrogen (secondary N) is 1. The first-order chi connectivity index (χ1) is 8.58. The summed E-state index contributed by atoms with van der Waals surface area (Å²) in [7, 11) is 0. The number of nitro benzene ring substituents is 1. The number of halogens is 2. The van der Waals surface area contributed by atoms with Crippen LogP contribution in [0.5, 0.6) is 0 Å². The monoisotopic (exact) mass is 303 g/mol. The van der Waals surface area contributed by atoms with Gasteiger partial charge in [-0.25, -0.2) is 0 Å². The summed E-state index contributed by atoms with van der Waals surface area (Å²) < 4.78 is 0. The van der Waals surface area contributed by atoms with E-state index >= 15 is 0 Å². The number of rotatable bonds is 4. The largest absolute Gasteiger partial charge is 0.374 e. The molecule has 18 heavy (non-hydrogen) atoms. The van der Waals surface area contributed by atoms with Gasteiger partial charge in [-0.1, -0.05) is 23.2 Å². The molecule has 0 fully saturated rings. The van der Waals surface area contributed by atoms with E-state index in [9.17, 15) is 10.1 Å². The van der Waals surface area contributed by atoms with E-state index in [0.29, 0.717) is 12.2 Å². The number of anilines is 1. The van der Waals surface area contributed by atoms with Gasteiger partial charge in [-0.3, -0.25) is 15.1 Å². The predicted molar refractivity (Wildman–Crippen MR) is 72.6 cm³/mol. The second-order valence-corrected chi connectivity index (χ2v) is 5.15. The van der Waals surface area contributed by atoms with Crippen LogP contribution in [-0.4, -0.2) is 9.91 Å². The third kappa shape index (κ3) is 2.90. The van der Waals surface area contributed by atoms with Crippen LogP contribution in [0.3, 0.4) is 0 Å². The van der Waals surface area contributed by atoms with Gasteiger partial charge >= 0.3 is 0 Å². The number of thiazole rings is 1. The molecular formula is C10H7Cl2N3O2S. The first-order valence-electron chi connectivity index (χ1n) is 4.82. The SMILES string of the molecule is O=[N+]([O-])c1cc(Cl)c(Cl)cc1NCc1cncs1. The lowest BCUT2D eigenvalue weighted by molar-refractivity contribution is -0.383. The number of benzene rings is 1. The molecule has 0 aliphatic heterocycles. The van der Waals surface area contributed by atoms with Crippen molar-refractivity contribution in [1.29, 1.82) is 0 Å². The maximum Gasteiger partial charge on any atom is 0.293 e. The molecule has 1 aromatic heterocycles. The van der Waals surface area contributed by atoms with Crippen LogP contribution < -0.4 is 5.32 Å². The Labute approximate surface area is 117 Å². The molecular weight excluding hydrogens is 297 g/mol. The normalized spacial score (nSPS) is 10.3. The van der Waals surface area contributed by atoms with Crippen molar-refractivity contribution >= 4 is 45.9 Å². The molecule has 2 aromatic rings. The van der Waals surface area contributed by atoms with E-state index in [4.69, 9.17) is 23.2 Å². The molecule has 0 radical (unpaired) electrons. The Morgan fingerprint density at radius 1 is 1.39 bits per heavy atom. The fourth-order valence-electron chi connectivity index (χ4n) is 1.34. The maximum absolute atomic E-state index is 10.9. The standard InChI is InChI=1S/C10H7Cl2N3O2S/c11-7-1-9(10(15(16)17)2-8(7)12)14-4-6-3-13-5-18-6/h1-3,5,14H,4H2. The van der Waals surface area contributed by atoms with E-state index in [1.54, 1.807) is 11.7 Å². The summed E-state index contributed by atoms with van der Waals surface area (Å²) in [6, 6.07) is 2.68. The minimum atomic E-state index is -0.503. The first-order valence-corrected chi connectivity index (χ1v) is 6.46. The fraction of sp³-hybridized carbons (Fsp3) is 0.100. The molecule has 0 aliphatic rings. The summed E-state index contributed by atoms with van der Waals surface area (Å²) in [5.74, 6) is 0. The Balaban J connectivity index is 2.25. The molecule has 0 amide bonds. The van der Waals surface area contributed by atoms with Gasteiger partial charge < -0.3 is 5.32 Å².